The standard InChI is InChI=1S/C11H20BN/c1-9(7-10(2,3)4)8-13-11(5,6)12/h7-8H,1-6H3/b9-7-,13-8?. The number of allylic oxidation sites excluding steroid dienone is 2. The molecule has 2 heteroatoms. The van der Waals surface area contributed by atoms with Crippen molar-refractivity contribution in [2.24, 2.45) is 10.4 Å². The number of aliphatic imine (C=N–C) groups is 1. The van der Waals surface area contributed by atoms with E-state index in [1.54, 1.807) is 0 Å². The van der Waals surface area contributed by atoms with Crippen LogP contribution in [0.25, 0.3) is 0 Å². The molecule has 0 aromatic carbocycles. The first-order chi connectivity index (χ1) is 5.60. The molecule has 0 saturated heterocycles. The Morgan fingerprint density at radius 3 is 1.92 bits per heavy atom. The number of nitrogens with zero attached hydrogens (tertiary/aromatic N) is 1. The van der Waals surface area contributed by atoms with Gasteiger partial charge in [-0.25, -0.2) is 0 Å². The Morgan fingerprint density at radius 1 is 1.15 bits per heavy atom. The van der Waals surface area contributed by atoms with Crippen molar-refractivity contribution in [2.75, 3.05) is 0 Å². The van der Waals surface area contributed by atoms with Crippen molar-refractivity contribution in [2.45, 2.75) is 47.0 Å². The fraction of sp³-hybridized carbons (Fsp3) is 0.727. The Bertz CT molecular complexity index is 213. The number of rotatable bonds is 2. The monoisotopic (exact) mass is 177 g/mol. The normalized spacial score (nSPS) is 15.4. The largest absolute Gasteiger partial charge is 0.297 e. The van der Waals surface area contributed by atoms with E-state index < -0.39 is 5.44 Å². The van der Waals surface area contributed by atoms with E-state index in [9.17, 15) is 0 Å². The number of hydrogen-bond donors (Lipinski definition) is 0. The molecule has 0 fully saturated rings. The molecule has 0 aromatic heterocycles. The lowest BCUT2D eigenvalue weighted by atomic mass is 9.82. The smallest absolute Gasteiger partial charge is 0.106 e. The van der Waals surface area contributed by atoms with Crippen LogP contribution in [0.15, 0.2) is 16.6 Å². The van der Waals surface area contributed by atoms with Crippen LogP contribution in [0.1, 0.15) is 41.5 Å². The van der Waals surface area contributed by atoms with E-state index in [4.69, 9.17) is 7.85 Å². The van der Waals surface area contributed by atoms with Gasteiger partial charge in [-0.05, 0) is 31.8 Å². The van der Waals surface area contributed by atoms with E-state index in [1.165, 1.54) is 0 Å². The van der Waals surface area contributed by atoms with Gasteiger partial charge in [-0.15, -0.1) is 0 Å². The molecule has 0 amide bonds. The predicted octanol–water partition coefficient (Wildman–Crippen LogP) is 2.95. The van der Waals surface area contributed by atoms with Crippen molar-refractivity contribution in [3.05, 3.63) is 11.6 Å². The number of hydrogen-bond acceptors (Lipinski definition) is 1. The Hall–Kier alpha value is -0.525. The highest BCUT2D eigenvalue weighted by molar-refractivity contribution is 6.15. The summed E-state index contributed by atoms with van der Waals surface area (Å²) in [5.41, 5.74) is 0.896. The van der Waals surface area contributed by atoms with Crippen LogP contribution >= 0.6 is 0 Å². The quantitative estimate of drug-likeness (QED) is 0.454. The van der Waals surface area contributed by atoms with E-state index in [0.717, 1.165) is 5.57 Å². The molecule has 0 heterocycles. The Kier molecular flexibility index (Phi) is 3.96. The van der Waals surface area contributed by atoms with Crippen molar-refractivity contribution in [1.29, 1.82) is 0 Å². The fourth-order valence-electron chi connectivity index (χ4n) is 0.988. The fourth-order valence-corrected chi connectivity index (χ4v) is 0.988. The summed E-state index contributed by atoms with van der Waals surface area (Å²) in [7, 11) is 5.72. The Morgan fingerprint density at radius 2 is 1.62 bits per heavy atom. The molecule has 0 bridgehead atoms. The average molecular weight is 177 g/mol. The third-order valence-electron chi connectivity index (χ3n) is 1.26. The molecule has 1 nitrogen and oxygen atoms in total. The van der Waals surface area contributed by atoms with Gasteiger partial charge in [0.1, 0.15) is 7.85 Å². The first-order valence-electron chi connectivity index (χ1n) is 4.64. The maximum absolute atomic E-state index is 5.72. The van der Waals surface area contributed by atoms with Gasteiger partial charge in [-0.2, -0.15) is 0 Å². The Labute approximate surface area is 83.7 Å². The second-order valence-electron chi connectivity index (χ2n) is 5.17. The van der Waals surface area contributed by atoms with E-state index in [2.05, 4.69) is 31.8 Å². The van der Waals surface area contributed by atoms with E-state index in [0.29, 0.717) is 0 Å². The SMILES string of the molecule is [B]C(C)(C)N=C/C(C)=C\C(C)(C)C. The summed E-state index contributed by atoms with van der Waals surface area (Å²) in [5.74, 6) is 0. The second-order valence-corrected chi connectivity index (χ2v) is 5.17. The molecular weight excluding hydrogens is 157 g/mol. The van der Waals surface area contributed by atoms with Crippen molar-refractivity contribution < 1.29 is 0 Å². The Balaban J connectivity index is 4.40. The van der Waals surface area contributed by atoms with Gasteiger partial charge in [-0.3, -0.25) is 4.99 Å². The molecule has 0 aliphatic carbocycles. The summed E-state index contributed by atoms with van der Waals surface area (Å²) in [6.45, 7) is 12.3. The van der Waals surface area contributed by atoms with Gasteiger partial charge < -0.3 is 0 Å². The summed E-state index contributed by atoms with van der Waals surface area (Å²) in [6, 6.07) is 0. The minimum Gasteiger partial charge on any atom is -0.297 e. The van der Waals surface area contributed by atoms with Crippen LogP contribution in [0.4, 0.5) is 0 Å². The maximum Gasteiger partial charge on any atom is 0.106 e. The molecule has 0 rings (SSSR count). The molecule has 0 spiro atoms. The average Bonchev–Trinajstić information content (AvgIpc) is 1.78. The van der Waals surface area contributed by atoms with Crippen LogP contribution in [0.5, 0.6) is 0 Å². The van der Waals surface area contributed by atoms with Gasteiger partial charge in [0.2, 0.25) is 0 Å². The van der Waals surface area contributed by atoms with Crippen LogP contribution in [-0.2, 0) is 0 Å². The molecule has 0 saturated carbocycles. The molecule has 72 valence electrons. The van der Waals surface area contributed by atoms with E-state index in [-0.39, 0.29) is 5.41 Å². The molecule has 0 N–H and O–H groups in total. The third kappa shape index (κ3) is 9.39. The zero-order valence-electron chi connectivity index (χ0n) is 9.68. The van der Waals surface area contributed by atoms with Crippen LogP contribution < -0.4 is 0 Å². The second kappa shape index (κ2) is 4.12. The zero-order chi connectivity index (χ0) is 10.7. The summed E-state index contributed by atoms with van der Waals surface area (Å²) in [5, 5.41) is 0. The van der Waals surface area contributed by atoms with Gasteiger partial charge >= 0.3 is 0 Å². The van der Waals surface area contributed by atoms with Gasteiger partial charge in [0.15, 0.2) is 0 Å². The highest BCUT2D eigenvalue weighted by Crippen LogP contribution is 2.16. The summed E-state index contributed by atoms with van der Waals surface area (Å²) < 4.78 is 0. The van der Waals surface area contributed by atoms with E-state index in [1.807, 2.05) is 27.0 Å². The first-order valence-corrected chi connectivity index (χ1v) is 4.64. The lowest BCUT2D eigenvalue weighted by molar-refractivity contribution is 0.542. The van der Waals surface area contributed by atoms with Gasteiger partial charge in [0.25, 0.3) is 0 Å². The molecule has 0 aliphatic heterocycles. The summed E-state index contributed by atoms with van der Waals surface area (Å²) >= 11 is 0. The van der Waals surface area contributed by atoms with Gasteiger partial charge in [0, 0.05) is 11.7 Å². The molecule has 0 unspecified atom stereocenters. The van der Waals surface area contributed by atoms with Crippen LogP contribution in [0.2, 0.25) is 0 Å². The third-order valence-corrected chi connectivity index (χ3v) is 1.26. The first kappa shape index (κ1) is 12.5. The van der Waals surface area contributed by atoms with Crippen molar-refractivity contribution in [3.8, 4) is 0 Å². The van der Waals surface area contributed by atoms with Crippen molar-refractivity contribution in [1.82, 2.24) is 0 Å². The lowest BCUT2D eigenvalue weighted by Gasteiger charge is -2.14. The summed E-state index contributed by atoms with van der Waals surface area (Å²) in [4.78, 5) is 4.23. The van der Waals surface area contributed by atoms with E-state index >= 15 is 0 Å². The molecule has 2 radical (unpaired) electrons. The highest BCUT2D eigenvalue weighted by Gasteiger charge is 2.07. The minimum atomic E-state index is -0.465. The molecule has 13 heavy (non-hydrogen) atoms. The summed E-state index contributed by atoms with van der Waals surface area (Å²) in [6.07, 6.45) is 4.02. The highest BCUT2D eigenvalue weighted by atomic mass is 14.8. The molecular formula is C11H20BN. The van der Waals surface area contributed by atoms with Crippen LogP contribution in [-0.4, -0.2) is 19.5 Å². The van der Waals surface area contributed by atoms with Crippen LogP contribution in [0, 0.1) is 5.41 Å². The van der Waals surface area contributed by atoms with Gasteiger partial charge in [0.05, 0.1) is 0 Å². The maximum atomic E-state index is 5.72. The molecule has 0 aliphatic rings. The van der Waals surface area contributed by atoms with Crippen molar-refractivity contribution in [3.63, 3.8) is 0 Å². The van der Waals surface area contributed by atoms with Crippen molar-refractivity contribution >= 4 is 14.1 Å². The van der Waals surface area contributed by atoms with Gasteiger partial charge in [-0.1, -0.05) is 26.8 Å². The molecule has 0 atom stereocenters. The lowest BCUT2D eigenvalue weighted by Crippen LogP contribution is -2.16. The topological polar surface area (TPSA) is 12.4 Å². The zero-order valence-corrected chi connectivity index (χ0v) is 9.68. The van der Waals surface area contributed by atoms with Crippen LogP contribution in [0.3, 0.4) is 0 Å². The molecule has 0 aromatic rings. The minimum absolute atomic E-state index is 0.203. The predicted molar refractivity (Wildman–Crippen MR) is 61.5 cm³/mol.